The molecule has 4 aromatic rings. The van der Waals surface area contributed by atoms with E-state index in [2.05, 4.69) is 15.5 Å². The van der Waals surface area contributed by atoms with Gasteiger partial charge in [0, 0.05) is 17.4 Å². The molecule has 4 rings (SSSR count). The molecule has 138 valence electrons. The molecule has 0 spiro atoms. The van der Waals surface area contributed by atoms with Crippen molar-refractivity contribution in [2.75, 3.05) is 5.32 Å². The molecule has 28 heavy (non-hydrogen) atoms. The van der Waals surface area contributed by atoms with E-state index in [9.17, 15) is 14.0 Å². The first-order chi connectivity index (χ1) is 13.5. The molecule has 2 aromatic heterocycles. The number of Topliss-reactive ketones (excluding diaryl/α,β-unsaturated/α-hetero) is 1. The molecule has 0 radical (unpaired) electrons. The highest BCUT2D eigenvalue weighted by Gasteiger charge is 2.17. The van der Waals surface area contributed by atoms with Crippen molar-refractivity contribution < 1.29 is 14.0 Å². The van der Waals surface area contributed by atoms with Gasteiger partial charge in [0.25, 0.3) is 5.91 Å². The van der Waals surface area contributed by atoms with E-state index in [0.717, 1.165) is 0 Å². The number of ketones is 1. The molecular formula is C21H15FN4O2. The van der Waals surface area contributed by atoms with Crippen molar-refractivity contribution in [1.29, 1.82) is 0 Å². The highest BCUT2D eigenvalue weighted by atomic mass is 19.1. The van der Waals surface area contributed by atoms with Crippen LogP contribution in [0.25, 0.3) is 17.0 Å². The van der Waals surface area contributed by atoms with Crippen LogP contribution in [0.3, 0.4) is 0 Å². The summed E-state index contributed by atoms with van der Waals surface area (Å²) < 4.78 is 15.7. The number of hydrogen-bond acceptors (Lipinski definition) is 4. The Morgan fingerprint density at radius 2 is 1.71 bits per heavy atom. The maximum Gasteiger partial charge on any atom is 0.259 e. The number of amides is 1. The van der Waals surface area contributed by atoms with Gasteiger partial charge >= 0.3 is 0 Å². The van der Waals surface area contributed by atoms with Gasteiger partial charge in [-0.05, 0) is 55.5 Å². The van der Waals surface area contributed by atoms with Gasteiger partial charge in [-0.1, -0.05) is 12.1 Å². The van der Waals surface area contributed by atoms with Gasteiger partial charge in [-0.3, -0.25) is 14.0 Å². The average molecular weight is 374 g/mol. The van der Waals surface area contributed by atoms with Crippen LogP contribution in [0.15, 0.2) is 66.9 Å². The largest absolute Gasteiger partial charge is 0.322 e. The van der Waals surface area contributed by atoms with E-state index in [0.29, 0.717) is 33.8 Å². The highest BCUT2D eigenvalue weighted by molar-refractivity contribution is 6.08. The zero-order valence-electron chi connectivity index (χ0n) is 14.9. The average Bonchev–Trinajstić information content (AvgIpc) is 3.12. The maximum atomic E-state index is 14.1. The zero-order valence-corrected chi connectivity index (χ0v) is 14.9. The Kier molecular flexibility index (Phi) is 4.41. The smallest absolute Gasteiger partial charge is 0.259 e. The number of nitrogens with zero attached hydrogens (tertiary/aromatic N) is 3. The molecule has 0 saturated heterocycles. The number of halogens is 1. The number of nitrogens with one attached hydrogen (secondary N) is 1. The van der Waals surface area contributed by atoms with Gasteiger partial charge in [0.2, 0.25) is 0 Å². The van der Waals surface area contributed by atoms with E-state index in [1.54, 1.807) is 65.2 Å². The lowest BCUT2D eigenvalue weighted by Crippen LogP contribution is -2.13. The second-order valence-corrected chi connectivity index (χ2v) is 6.21. The van der Waals surface area contributed by atoms with Crippen LogP contribution in [-0.4, -0.2) is 26.3 Å². The first-order valence-electron chi connectivity index (χ1n) is 8.55. The summed E-state index contributed by atoms with van der Waals surface area (Å²) in [6.45, 7) is 1.48. The molecule has 0 unspecified atom stereocenters. The Hall–Kier alpha value is -3.87. The van der Waals surface area contributed by atoms with Crippen molar-refractivity contribution in [3.05, 3.63) is 83.8 Å². The molecule has 0 saturated carbocycles. The van der Waals surface area contributed by atoms with Crippen LogP contribution in [-0.2, 0) is 0 Å². The minimum absolute atomic E-state index is 0.0493. The van der Waals surface area contributed by atoms with Gasteiger partial charge in [0.05, 0.1) is 11.1 Å². The van der Waals surface area contributed by atoms with Crippen molar-refractivity contribution in [1.82, 2.24) is 14.6 Å². The molecule has 0 aliphatic heterocycles. The van der Waals surface area contributed by atoms with Crippen molar-refractivity contribution in [2.45, 2.75) is 6.92 Å². The lowest BCUT2D eigenvalue weighted by molar-refractivity contribution is 0.101. The first kappa shape index (κ1) is 17.5. The molecule has 0 bridgehead atoms. The SMILES string of the molecule is CC(=O)c1ccc(NC(=O)c2cccn3c(-c4ccccc4F)nnc23)cc1. The summed E-state index contributed by atoms with van der Waals surface area (Å²) in [6, 6.07) is 16.2. The summed E-state index contributed by atoms with van der Waals surface area (Å²) >= 11 is 0. The molecule has 0 atom stereocenters. The fourth-order valence-corrected chi connectivity index (χ4v) is 2.91. The standard InChI is InChI=1S/C21H15FN4O2/c1-13(27)14-8-10-15(11-9-14)23-21(28)17-6-4-12-26-19(24-25-20(17)26)16-5-2-3-7-18(16)22/h2-12H,1H3,(H,23,28). The third-order valence-electron chi connectivity index (χ3n) is 4.34. The second kappa shape index (κ2) is 7.03. The molecule has 0 fully saturated rings. The number of rotatable bonds is 4. The van der Waals surface area contributed by atoms with Gasteiger partial charge in [-0.25, -0.2) is 4.39 Å². The van der Waals surface area contributed by atoms with Crippen LogP contribution in [0, 0.1) is 5.82 Å². The predicted molar refractivity (Wildman–Crippen MR) is 103 cm³/mol. The number of carbonyl (C=O) groups is 2. The monoisotopic (exact) mass is 374 g/mol. The minimum atomic E-state index is -0.419. The van der Waals surface area contributed by atoms with Gasteiger partial charge < -0.3 is 5.32 Å². The summed E-state index contributed by atoms with van der Waals surface area (Å²) in [5.74, 6) is -0.536. The minimum Gasteiger partial charge on any atom is -0.322 e. The van der Waals surface area contributed by atoms with E-state index in [1.807, 2.05) is 0 Å². The summed E-state index contributed by atoms with van der Waals surface area (Å²) in [4.78, 5) is 24.1. The molecule has 1 amide bonds. The summed E-state index contributed by atoms with van der Waals surface area (Å²) in [5.41, 5.74) is 2.03. The predicted octanol–water partition coefficient (Wildman–Crippen LogP) is 3.99. The van der Waals surface area contributed by atoms with Gasteiger partial charge in [0.1, 0.15) is 5.82 Å². The number of carbonyl (C=O) groups excluding carboxylic acids is 2. The number of fused-ring (bicyclic) bond motifs is 1. The lowest BCUT2D eigenvalue weighted by Gasteiger charge is -2.07. The molecule has 6 nitrogen and oxygen atoms in total. The van der Waals surface area contributed by atoms with Crippen molar-refractivity contribution in [3.8, 4) is 11.4 Å². The van der Waals surface area contributed by atoms with Gasteiger partial charge in [-0.15, -0.1) is 10.2 Å². The third kappa shape index (κ3) is 3.14. The van der Waals surface area contributed by atoms with E-state index in [1.165, 1.54) is 13.0 Å². The number of hydrogen-bond donors (Lipinski definition) is 1. The fraction of sp³-hybridized carbons (Fsp3) is 0.0476. The molecule has 0 aliphatic carbocycles. The van der Waals surface area contributed by atoms with Crippen LogP contribution in [0.1, 0.15) is 27.6 Å². The second-order valence-electron chi connectivity index (χ2n) is 6.21. The van der Waals surface area contributed by atoms with Gasteiger partial charge in [-0.2, -0.15) is 0 Å². The third-order valence-corrected chi connectivity index (χ3v) is 4.34. The quantitative estimate of drug-likeness (QED) is 0.548. The number of aromatic nitrogens is 3. The van der Waals surface area contributed by atoms with Crippen LogP contribution in [0.2, 0.25) is 0 Å². The molecule has 2 heterocycles. The highest BCUT2D eigenvalue weighted by Crippen LogP contribution is 2.23. The van der Waals surface area contributed by atoms with Crippen molar-refractivity contribution >= 4 is 23.0 Å². The van der Waals surface area contributed by atoms with Crippen LogP contribution in [0.4, 0.5) is 10.1 Å². The summed E-state index contributed by atoms with van der Waals surface area (Å²) in [6.07, 6.45) is 1.68. The normalized spacial score (nSPS) is 10.8. The van der Waals surface area contributed by atoms with Crippen molar-refractivity contribution in [3.63, 3.8) is 0 Å². The number of pyridine rings is 1. The van der Waals surface area contributed by atoms with E-state index in [4.69, 9.17) is 0 Å². The van der Waals surface area contributed by atoms with Crippen LogP contribution >= 0.6 is 0 Å². The van der Waals surface area contributed by atoms with Gasteiger partial charge in [0.15, 0.2) is 17.3 Å². The summed E-state index contributed by atoms with van der Waals surface area (Å²) in [7, 11) is 0. The number of benzene rings is 2. The van der Waals surface area contributed by atoms with E-state index >= 15 is 0 Å². The molecule has 0 aliphatic rings. The lowest BCUT2D eigenvalue weighted by atomic mass is 10.1. The molecule has 1 N–H and O–H groups in total. The Bertz CT molecular complexity index is 1200. The molecule has 7 heteroatoms. The van der Waals surface area contributed by atoms with E-state index < -0.39 is 5.82 Å². The van der Waals surface area contributed by atoms with Crippen molar-refractivity contribution in [2.24, 2.45) is 0 Å². The molecule has 2 aromatic carbocycles. The van der Waals surface area contributed by atoms with E-state index in [-0.39, 0.29) is 11.7 Å². The Balaban J connectivity index is 1.68. The zero-order chi connectivity index (χ0) is 19.7. The first-order valence-corrected chi connectivity index (χ1v) is 8.55. The van der Waals surface area contributed by atoms with Crippen LogP contribution < -0.4 is 5.32 Å². The topological polar surface area (TPSA) is 76.4 Å². The summed E-state index contributed by atoms with van der Waals surface area (Å²) in [5, 5.41) is 10.9. The van der Waals surface area contributed by atoms with Crippen LogP contribution in [0.5, 0.6) is 0 Å². The Morgan fingerprint density at radius 1 is 0.964 bits per heavy atom. The molecular weight excluding hydrogens is 359 g/mol. The Labute approximate surface area is 159 Å². The Morgan fingerprint density at radius 3 is 2.43 bits per heavy atom. The fourth-order valence-electron chi connectivity index (χ4n) is 2.91. The maximum absolute atomic E-state index is 14.1. The number of anilines is 1.